The SMILES string of the molecule is Cc1ccc(N2CCN(C(C)Cc3ncc(-c4ccccc4)o3)CC2)cc1. The molecule has 1 fully saturated rings. The zero-order valence-electron chi connectivity index (χ0n) is 16.1. The van der Waals surface area contributed by atoms with E-state index in [-0.39, 0.29) is 0 Å². The maximum Gasteiger partial charge on any atom is 0.196 e. The Labute approximate surface area is 161 Å². The van der Waals surface area contributed by atoms with Crippen LogP contribution in [0.15, 0.2) is 65.2 Å². The zero-order chi connectivity index (χ0) is 18.6. The van der Waals surface area contributed by atoms with Gasteiger partial charge in [-0.2, -0.15) is 0 Å². The van der Waals surface area contributed by atoms with Gasteiger partial charge in [0.15, 0.2) is 11.7 Å². The molecule has 140 valence electrons. The van der Waals surface area contributed by atoms with E-state index in [1.807, 2.05) is 24.4 Å². The maximum absolute atomic E-state index is 5.98. The summed E-state index contributed by atoms with van der Waals surface area (Å²) in [6.07, 6.45) is 2.68. The Balaban J connectivity index is 1.33. The molecule has 0 saturated carbocycles. The highest BCUT2D eigenvalue weighted by molar-refractivity contribution is 5.55. The first-order chi connectivity index (χ1) is 13.2. The minimum absolute atomic E-state index is 0.424. The van der Waals surface area contributed by atoms with E-state index in [0.717, 1.165) is 49.8 Å². The molecule has 27 heavy (non-hydrogen) atoms. The fourth-order valence-corrected chi connectivity index (χ4v) is 3.70. The average molecular weight is 361 g/mol. The zero-order valence-corrected chi connectivity index (χ0v) is 16.1. The van der Waals surface area contributed by atoms with Crippen molar-refractivity contribution in [3.05, 3.63) is 72.2 Å². The summed E-state index contributed by atoms with van der Waals surface area (Å²) < 4.78 is 5.98. The molecule has 1 unspecified atom stereocenters. The lowest BCUT2D eigenvalue weighted by Crippen LogP contribution is -2.50. The molecule has 0 spiro atoms. The highest BCUT2D eigenvalue weighted by Crippen LogP contribution is 2.22. The van der Waals surface area contributed by atoms with Gasteiger partial charge >= 0.3 is 0 Å². The molecule has 4 rings (SSSR count). The van der Waals surface area contributed by atoms with Crippen LogP contribution in [0.4, 0.5) is 5.69 Å². The van der Waals surface area contributed by atoms with Gasteiger partial charge in [0.05, 0.1) is 6.20 Å². The third-order valence-corrected chi connectivity index (χ3v) is 5.42. The lowest BCUT2D eigenvalue weighted by molar-refractivity contribution is 0.189. The summed E-state index contributed by atoms with van der Waals surface area (Å²) >= 11 is 0. The molecule has 0 bridgehead atoms. The van der Waals surface area contributed by atoms with E-state index < -0.39 is 0 Å². The van der Waals surface area contributed by atoms with Crippen LogP contribution in [0.25, 0.3) is 11.3 Å². The summed E-state index contributed by atoms with van der Waals surface area (Å²) in [7, 11) is 0. The van der Waals surface area contributed by atoms with Crippen molar-refractivity contribution in [2.75, 3.05) is 31.1 Å². The Hall–Kier alpha value is -2.59. The number of nitrogens with zero attached hydrogens (tertiary/aromatic N) is 3. The van der Waals surface area contributed by atoms with Crippen LogP contribution in [0.5, 0.6) is 0 Å². The minimum atomic E-state index is 0.424. The normalized spacial score (nSPS) is 16.4. The molecule has 0 aliphatic carbocycles. The predicted molar refractivity (Wildman–Crippen MR) is 110 cm³/mol. The van der Waals surface area contributed by atoms with E-state index in [1.165, 1.54) is 11.3 Å². The number of benzene rings is 2. The Morgan fingerprint density at radius 3 is 2.37 bits per heavy atom. The molecule has 1 saturated heterocycles. The number of aryl methyl sites for hydroxylation is 1. The highest BCUT2D eigenvalue weighted by Gasteiger charge is 2.22. The van der Waals surface area contributed by atoms with Gasteiger partial charge in [-0.25, -0.2) is 4.98 Å². The molecule has 0 amide bonds. The number of hydrogen-bond acceptors (Lipinski definition) is 4. The highest BCUT2D eigenvalue weighted by atomic mass is 16.4. The molecule has 4 heteroatoms. The van der Waals surface area contributed by atoms with Gasteiger partial charge in [0.1, 0.15) is 0 Å². The standard InChI is InChI=1S/C23H27N3O/c1-18-8-10-21(11-9-18)26-14-12-25(13-15-26)19(2)16-23-24-17-22(27-23)20-6-4-3-5-7-20/h3-11,17,19H,12-16H2,1-2H3. The monoisotopic (exact) mass is 361 g/mol. The Morgan fingerprint density at radius 2 is 1.67 bits per heavy atom. The van der Waals surface area contributed by atoms with Crippen LogP contribution in [0, 0.1) is 6.92 Å². The third kappa shape index (κ3) is 4.22. The van der Waals surface area contributed by atoms with Gasteiger partial charge in [0.25, 0.3) is 0 Å². The van der Waals surface area contributed by atoms with E-state index in [9.17, 15) is 0 Å². The fourth-order valence-electron chi connectivity index (χ4n) is 3.70. The number of rotatable bonds is 5. The summed E-state index contributed by atoms with van der Waals surface area (Å²) in [6, 6.07) is 19.4. The molecule has 1 aliphatic heterocycles. The summed E-state index contributed by atoms with van der Waals surface area (Å²) in [5.41, 5.74) is 3.72. The number of aromatic nitrogens is 1. The van der Waals surface area contributed by atoms with Crippen LogP contribution >= 0.6 is 0 Å². The Kier molecular flexibility index (Phi) is 5.26. The molecular formula is C23H27N3O. The fraction of sp³-hybridized carbons (Fsp3) is 0.348. The molecule has 2 heterocycles. The Morgan fingerprint density at radius 1 is 0.963 bits per heavy atom. The van der Waals surface area contributed by atoms with Crippen molar-refractivity contribution >= 4 is 5.69 Å². The van der Waals surface area contributed by atoms with Crippen LogP contribution in [0.2, 0.25) is 0 Å². The number of oxazole rings is 1. The molecule has 0 N–H and O–H groups in total. The van der Waals surface area contributed by atoms with Crippen LogP contribution in [-0.2, 0) is 6.42 Å². The van der Waals surface area contributed by atoms with Crippen molar-refractivity contribution in [3.63, 3.8) is 0 Å². The van der Waals surface area contributed by atoms with Crippen molar-refractivity contribution in [1.82, 2.24) is 9.88 Å². The molecule has 4 nitrogen and oxygen atoms in total. The average Bonchev–Trinajstić information content (AvgIpc) is 3.18. The van der Waals surface area contributed by atoms with E-state index in [2.05, 4.69) is 65.0 Å². The van der Waals surface area contributed by atoms with Gasteiger partial charge < -0.3 is 9.32 Å². The summed E-state index contributed by atoms with van der Waals surface area (Å²) in [5.74, 6) is 1.67. The van der Waals surface area contributed by atoms with Crippen LogP contribution < -0.4 is 4.90 Å². The molecule has 3 aromatic rings. The van der Waals surface area contributed by atoms with Crippen LogP contribution in [0.3, 0.4) is 0 Å². The van der Waals surface area contributed by atoms with Crippen LogP contribution in [-0.4, -0.2) is 42.1 Å². The van der Waals surface area contributed by atoms with Gasteiger partial charge in [-0.15, -0.1) is 0 Å². The first-order valence-corrected chi connectivity index (χ1v) is 9.75. The minimum Gasteiger partial charge on any atom is -0.441 e. The third-order valence-electron chi connectivity index (χ3n) is 5.42. The van der Waals surface area contributed by atoms with Gasteiger partial charge in [-0.3, -0.25) is 4.90 Å². The maximum atomic E-state index is 5.98. The molecular weight excluding hydrogens is 334 g/mol. The predicted octanol–water partition coefficient (Wildman–Crippen LogP) is 4.40. The summed E-state index contributed by atoms with van der Waals surface area (Å²) in [4.78, 5) is 9.51. The first-order valence-electron chi connectivity index (χ1n) is 9.75. The number of anilines is 1. The number of piperazine rings is 1. The second-order valence-electron chi connectivity index (χ2n) is 7.40. The smallest absolute Gasteiger partial charge is 0.196 e. The van der Waals surface area contributed by atoms with Gasteiger partial charge in [0, 0.05) is 49.9 Å². The van der Waals surface area contributed by atoms with Crippen molar-refractivity contribution in [2.24, 2.45) is 0 Å². The van der Waals surface area contributed by atoms with Crippen molar-refractivity contribution in [1.29, 1.82) is 0 Å². The van der Waals surface area contributed by atoms with E-state index >= 15 is 0 Å². The topological polar surface area (TPSA) is 32.5 Å². The second kappa shape index (κ2) is 7.97. The molecule has 1 aromatic heterocycles. The quantitative estimate of drug-likeness (QED) is 0.674. The van der Waals surface area contributed by atoms with Crippen molar-refractivity contribution in [3.8, 4) is 11.3 Å². The second-order valence-corrected chi connectivity index (χ2v) is 7.40. The van der Waals surface area contributed by atoms with Gasteiger partial charge in [-0.1, -0.05) is 48.0 Å². The van der Waals surface area contributed by atoms with E-state index in [0.29, 0.717) is 6.04 Å². The summed E-state index contributed by atoms with van der Waals surface area (Å²) in [6.45, 7) is 8.67. The lowest BCUT2D eigenvalue weighted by Gasteiger charge is -2.39. The largest absolute Gasteiger partial charge is 0.441 e. The van der Waals surface area contributed by atoms with Crippen LogP contribution in [0.1, 0.15) is 18.4 Å². The number of hydrogen-bond donors (Lipinski definition) is 0. The summed E-state index contributed by atoms with van der Waals surface area (Å²) in [5, 5.41) is 0. The Bertz CT molecular complexity index is 849. The van der Waals surface area contributed by atoms with Crippen molar-refractivity contribution < 1.29 is 4.42 Å². The van der Waals surface area contributed by atoms with E-state index in [1.54, 1.807) is 0 Å². The molecule has 1 atom stereocenters. The molecule has 0 radical (unpaired) electrons. The van der Waals surface area contributed by atoms with Crippen molar-refractivity contribution in [2.45, 2.75) is 26.3 Å². The first kappa shape index (κ1) is 17.8. The van der Waals surface area contributed by atoms with Gasteiger partial charge in [0.2, 0.25) is 0 Å². The van der Waals surface area contributed by atoms with Gasteiger partial charge in [-0.05, 0) is 26.0 Å². The van der Waals surface area contributed by atoms with E-state index in [4.69, 9.17) is 4.42 Å². The molecule has 2 aromatic carbocycles. The molecule has 1 aliphatic rings. The lowest BCUT2D eigenvalue weighted by atomic mass is 10.1.